The summed E-state index contributed by atoms with van der Waals surface area (Å²) >= 11 is 6.38. The van der Waals surface area contributed by atoms with Crippen LogP contribution in [0.15, 0.2) is 37.1 Å². The maximum atomic E-state index is 12.9. The molecule has 1 aliphatic carbocycles. The Morgan fingerprint density at radius 1 is 1.56 bits per heavy atom. The number of rotatable bonds is 7. The Hall–Kier alpha value is -1.82. The van der Waals surface area contributed by atoms with E-state index < -0.39 is 5.60 Å². The predicted molar refractivity (Wildman–Crippen MR) is 108 cm³/mol. The van der Waals surface area contributed by atoms with Crippen LogP contribution in [0.2, 0.25) is 5.02 Å². The molecule has 1 saturated carbocycles. The van der Waals surface area contributed by atoms with E-state index in [0.29, 0.717) is 42.5 Å². The molecular formula is C21H27ClN2O3. The van der Waals surface area contributed by atoms with E-state index in [1.165, 1.54) is 0 Å². The number of halogens is 1. The van der Waals surface area contributed by atoms with Crippen molar-refractivity contribution in [3.8, 4) is 0 Å². The number of amides is 1. The summed E-state index contributed by atoms with van der Waals surface area (Å²) in [6.07, 6.45) is 7.01. The van der Waals surface area contributed by atoms with Gasteiger partial charge in [-0.15, -0.1) is 6.58 Å². The first-order valence-corrected chi connectivity index (χ1v) is 9.74. The van der Waals surface area contributed by atoms with Crippen molar-refractivity contribution in [2.24, 2.45) is 5.92 Å². The molecule has 0 saturated heterocycles. The zero-order valence-electron chi connectivity index (χ0n) is 15.7. The van der Waals surface area contributed by atoms with Gasteiger partial charge in [0.25, 0.3) is 5.91 Å². The molecule has 1 aromatic heterocycles. The molecule has 0 bridgehead atoms. The van der Waals surface area contributed by atoms with Gasteiger partial charge in [-0.1, -0.05) is 23.7 Å². The standard InChI is InChI=1S/C21H27ClN2O3/c1-3-15-6-5-9-21(26,12-15)14-23-20(25)16-13-24(10-11-27-2)18-8-4-7-17(22)19(16)18/h3-4,7-8,13,15,26H,1,5-6,9-12,14H2,2H3,(H,23,25)/t15-,21-/m0/s1. The lowest BCUT2D eigenvalue weighted by Gasteiger charge is -2.35. The summed E-state index contributed by atoms with van der Waals surface area (Å²) < 4.78 is 7.13. The van der Waals surface area contributed by atoms with Crippen LogP contribution >= 0.6 is 11.6 Å². The molecule has 0 aliphatic heterocycles. The van der Waals surface area contributed by atoms with Gasteiger partial charge in [-0.05, 0) is 43.7 Å². The molecule has 5 nitrogen and oxygen atoms in total. The first kappa shape index (κ1) is 19.9. The Kier molecular flexibility index (Phi) is 6.25. The summed E-state index contributed by atoms with van der Waals surface area (Å²) in [7, 11) is 1.65. The number of allylic oxidation sites excluding steroid dienone is 1. The number of fused-ring (bicyclic) bond motifs is 1. The number of benzene rings is 1. The number of nitrogens with zero attached hydrogens (tertiary/aromatic N) is 1. The van der Waals surface area contributed by atoms with E-state index in [-0.39, 0.29) is 12.5 Å². The molecule has 1 aromatic carbocycles. The minimum absolute atomic E-state index is 0.224. The van der Waals surface area contributed by atoms with E-state index in [1.807, 2.05) is 29.0 Å². The van der Waals surface area contributed by atoms with Crippen molar-refractivity contribution >= 4 is 28.4 Å². The van der Waals surface area contributed by atoms with E-state index in [9.17, 15) is 9.90 Å². The summed E-state index contributed by atoms with van der Waals surface area (Å²) in [5.41, 5.74) is 0.532. The predicted octanol–water partition coefficient (Wildman–Crippen LogP) is 3.78. The van der Waals surface area contributed by atoms with Crippen molar-refractivity contribution in [2.75, 3.05) is 20.3 Å². The summed E-state index contributed by atoms with van der Waals surface area (Å²) in [5, 5.41) is 15.0. The Balaban J connectivity index is 1.80. The second-order valence-electron chi connectivity index (χ2n) is 7.36. The lowest BCUT2D eigenvalue weighted by Crippen LogP contribution is -2.45. The third-order valence-corrected chi connectivity index (χ3v) is 5.72. The number of carbonyl (C=O) groups is 1. The van der Waals surface area contributed by atoms with Crippen molar-refractivity contribution in [3.63, 3.8) is 0 Å². The first-order chi connectivity index (χ1) is 13.0. The Morgan fingerprint density at radius 3 is 3.11 bits per heavy atom. The molecular weight excluding hydrogens is 364 g/mol. The Labute approximate surface area is 165 Å². The summed E-state index contributed by atoms with van der Waals surface area (Å²) in [6.45, 7) is 5.24. The van der Waals surface area contributed by atoms with Crippen LogP contribution in [0, 0.1) is 5.92 Å². The molecule has 1 heterocycles. The van der Waals surface area contributed by atoms with Gasteiger partial charge in [0.2, 0.25) is 0 Å². The molecule has 3 rings (SSSR count). The molecule has 1 aliphatic rings. The zero-order chi connectivity index (χ0) is 19.4. The molecule has 27 heavy (non-hydrogen) atoms. The van der Waals surface area contributed by atoms with Gasteiger partial charge < -0.3 is 19.7 Å². The van der Waals surface area contributed by atoms with Crippen LogP contribution in [0.3, 0.4) is 0 Å². The largest absolute Gasteiger partial charge is 0.388 e. The van der Waals surface area contributed by atoms with Gasteiger partial charge >= 0.3 is 0 Å². The van der Waals surface area contributed by atoms with Gasteiger partial charge in [0, 0.05) is 31.8 Å². The molecule has 146 valence electrons. The fourth-order valence-electron chi connectivity index (χ4n) is 3.94. The highest BCUT2D eigenvalue weighted by molar-refractivity contribution is 6.36. The third-order valence-electron chi connectivity index (χ3n) is 5.41. The highest BCUT2D eigenvalue weighted by Crippen LogP contribution is 2.33. The van der Waals surface area contributed by atoms with Crippen molar-refractivity contribution in [1.82, 2.24) is 9.88 Å². The highest BCUT2D eigenvalue weighted by atomic mass is 35.5. The first-order valence-electron chi connectivity index (χ1n) is 9.37. The van der Waals surface area contributed by atoms with Gasteiger partial charge in [0.1, 0.15) is 0 Å². The maximum absolute atomic E-state index is 12.9. The number of hydrogen-bond acceptors (Lipinski definition) is 3. The van der Waals surface area contributed by atoms with Crippen molar-refractivity contribution in [2.45, 2.75) is 37.8 Å². The second-order valence-corrected chi connectivity index (χ2v) is 7.77. The number of hydrogen-bond donors (Lipinski definition) is 2. The molecule has 1 amide bonds. The fraction of sp³-hybridized carbons (Fsp3) is 0.476. The third kappa shape index (κ3) is 4.37. The topological polar surface area (TPSA) is 63.5 Å². The lowest BCUT2D eigenvalue weighted by atomic mass is 9.78. The quantitative estimate of drug-likeness (QED) is 0.707. The second kappa shape index (κ2) is 8.46. The average Bonchev–Trinajstić information content (AvgIpc) is 3.04. The minimum Gasteiger partial charge on any atom is -0.388 e. The van der Waals surface area contributed by atoms with Gasteiger partial charge in [-0.3, -0.25) is 4.79 Å². The molecule has 0 unspecified atom stereocenters. The molecule has 0 radical (unpaired) electrons. The summed E-state index contributed by atoms with van der Waals surface area (Å²) in [4.78, 5) is 12.9. The van der Waals surface area contributed by atoms with Crippen LogP contribution in [-0.2, 0) is 11.3 Å². The highest BCUT2D eigenvalue weighted by Gasteiger charge is 2.33. The number of nitrogens with one attached hydrogen (secondary N) is 1. The molecule has 6 heteroatoms. The van der Waals surface area contributed by atoms with Crippen LogP contribution in [0.5, 0.6) is 0 Å². The maximum Gasteiger partial charge on any atom is 0.253 e. The molecule has 0 spiro atoms. The van der Waals surface area contributed by atoms with E-state index in [4.69, 9.17) is 16.3 Å². The van der Waals surface area contributed by atoms with E-state index in [0.717, 1.165) is 23.7 Å². The number of carbonyl (C=O) groups excluding carboxylic acids is 1. The van der Waals surface area contributed by atoms with Gasteiger partial charge in [-0.25, -0.2) is 0 Å². The number of aromatic nitrogens is 1. The van der Waals surface area contributed by atoms with Crippen molar-refractivity contribution in [1.29, 1.82) is 0 Å². The summed E-state index contributed by atoms with van der Waals surface area (Å²) in [6, 6.07) is 5.59. The van der Waals surface area contributed by atoms with Crippen LogP contribution in [0.1, 0.15) is 36.0 Å². The van der Waals surface area contributed by atoms with E-state index in [2.05, 4.69) is 11.9 Å². The number of ether oxygens (including phenoxy) is 1. The lowest BCUT2D eigenvalue weighted by molar-refractivity contribution is -0.00648. The fourth-order valence-corrected chi connectivity index (χ4v) is 4.21. The minimum atomic E-state index is -0.884. The monoisotopic (exact) mass is 390 g/mol. The van der Waals surface area contributed by atoms with Crippen LogP contribution in [0.4, 0.5) is 0 Å². The van der Waals surface area contributed by atoms with Gasteiger partial charge in [0.05, 0.1) is 28.3 Å². The number of aliphatic hydroxyl groups is 1. The molecule has 2 aromatic rings. The van der Waals surface area contributed by atoms with Crippen molar-refractivity contribution in [3.05, 3.63) is 47.6 Å². The van der Waals surface area contributed by atoms with Gasteiger partial charge in [-0.2, -0.15) is 0 Å². The molecule has 2 atom stereocenters. The SMILES string of the molecule is C=C[C@H]1CCC[C@@](O)(CNC(=O)c2cn(CCOC)c3cccc(Cl)c23)C1. The zero-order valence-corrected chi connectivity index (χ0v) is 16.5. The van der Waals surface area contributed by atoms with Crippen LogP contribution in [-0.4, -0.2) is 41.4 Å². The Bertz CT molecular complexity index is 832. The van der Waals surface area contributed by atoms with Crippen LogP contribution < -0.4 is 5.32 Å². The Morgan fingerprint density at radius 2 is 2.37 bits per heavy atom. The smallest absolute Gasteiger partial charge is 0.253 e. The van der Waals surface area contributed by atoms with E-state index in [1.54, 1.807) is 13.2 Å². The normalized spacial score (nSPS) is 22.7. The van der Waals surface area contributed by atoms with Gasteiger partial charge in [0.15, 0.2) is 0 Å². The van der Waals surface area contributed by atoms with Crippen LogP contribution in [0.25, 0.3) is 10.9 Å². The molecule has 1 fully saturated rings. The average molecular weight is 391 g/mol. The number of methoxy groups -OCH3 is 1. The summed E-state index contributed by atoms with van der Waals surface area (Å²) in [5.74, 6) is 0.0736. The van der Waals surface area contributed by atoms with Crippen molar-refractivity contribution < 1.29 is 14.6 Å². The van der Waals surface area contributed by atoms with E-state index >= 15 is 0 Å². The molecule has 2 N–H and O–H groups in total.